The lowest BCUT2D eigenvalue weighted by Gasteiger charge is -2.11. The van der Waals surface area contributed by atoms with Crippen molar-refractivity contribution in [2.24, 2.45) is 0 Å². The van der Waals surface area contributed by atoms with Crippen LogP contribution in [0.2, 0.25) is 0 Å². The maximum Gasteiger partial charge on any atom is 0.416 e. The lowest BCUT2D eigenvalue weighted by atomic mass is 10.0. The first-order chi connectivity index (χ1) is 11.1. The van der Waals surface area contributed by atoms with Crippen LogP contribution in [-0.4, -0.2) is 21.1 Å². The maximum atomic E-state index is 13.0. The second-order valence-electron chi connectivity index (χ2n) is 5.15. The molecule has 2 rings (SSSR count). The average molecular weight is 338 g/mol. The van der Waals surface area contributed by atoms with Crippen molar-refractivity contribution >= 4 is 11.9 Å². The van der Waals surface area contributed by atoms with Crippen molar-refractivity contribution in [2.45, 2.75) is 13.1 Å². The van der Waals surface area contributed by atoms with Gasteiger partial charge in [0.15, 0.2) is 5.78 Å². The first-order valence-electron chi connectivity index (χ1n) is 6.75. The van der Waals surface area contributed by atoms with Crippen LogP contribution in [0.1, 0.15) is 27.0 Å². The van der Waals surface area contributed by atoms with Crippen LogP contribution in [0.25, 0.3) is 6.08 Å². The molecule has 0 heterocycles. The summed E-state index contributed by atoms with van der Waals surface area (Å²) < 4.78 is 39.1. The number of halogens is 3. The quantitative estimate of drug-likeness (QED) is 0.583. The monoisotopic (exact) mass is 338 g/mol. The predicted octanol–water partition coefficient (Wildman–Crippen LogP) is 4.03. The van der Waals surface area contributed by atoms with Crippen molar-refractivity contribution in [3.8, 4) is 17.2 Å². The number of allylic oxidation sites excluding steroid dienone is 1. The fraction of sp³-hybridized carbons (Fsp3) is 0.118. The molecule has 0 aromatic heterocycles. The molecule has 0 unspecified atom stereocenters. The van der Waals surface area contributed by atoms with Crippen molar-refractivity contribution < 1.29 is 33.3 Å². The Morgan fingerprint density at radius 3 is 2.17 bits per heavy atom. The van der Waals surface area contributed by atoms with Crippen molar-refractivity contribution in [1.82, 2.24) is 0 Å². The van der Waals surface area contributed by atoms with Crippen LogP contribution in [0.5, 0.6) is 17.2 Å². The third-order valence-corrected chi connectivity index (χ3v) is 3.26. The second kappa shape index (κ2) is 6.27. The standard InChI is InChI=1S/C17H13F3O4/c1-9-2-3-10(12(6-9)17(18,19)20)4-5-13(22)16-14(23)7-11(21)8-15(16)24/h2-8,21,23-24H,1H3/b5-4+. The molecule has 0 aliphatic carbocycles. The molecular formula is C17H13F3O4. The number of aryl methyl sites for hydroxylation is 1. The molecule has 0 fully saturated rings. The van der Waals surface area contributed by atoms with Gasteiger partial charge >= 0.3 is 6.18 Å². The summed E-state index contributed by atoms with van der Waals surface area (Å²) in [4.78, 5) is 12.0. The first-order valence-corrected chi connectivity index (χ1v) is 6.75. The van der Waals surface area contributed by atoms with E-state index in [1.807, 2.05) is 0 Å². The van der Waals surface area contributed by atoms with E-state index in [2.05, 4.69) is 0 Å². The minimum Gasteiger partial charge on any atom is -0.508 e. The van der Waals surface area contributed by atoms with Crippen molar-refractivity contribution in [3.63, 3.8) is 0 Å². The topological polar surface area (TPSA) is 77.8 Å². The summed E-state index contributed by atoms with van der Waals surface area (Å²) in [7, 11) is 0. The van der Waals surface area contributed by atoms with Gasteiger partial charge in [-0.2, -0.15) is 13.2 Å². The number of carbonyl (C=O) groups is 1. The number of ketones is 1. The maximum absolute atomic E-state index is 13.0. The number of phenolic OH excluding ortho intramolecular Hbond substituents is 3. The Labute approximate surface area is 135 Å². The second-order valence-corrected chi connectivity index (χ2v) is 5.15. The van der Waals surface area contributed by atoms with Gasteiger partial charge in [0.05, 0.1) is 5.56 Å². The Morgan fingerprint density at radius 1 is 1.04 bits per heavy atom. The number of hydrogen-bond donors (Lipinski definition) is 3. The largest absolute Gasteiger partial charge is 0.508 e. The van der Waals surface area contributed by atoms with E-state index in [0.717, 1.165) is 30.4 Å². The fourth-order valence-corrected chi connectivity index (χ4v) is 2.16. The molecule has 4 nitrogen and oxygen atoms in total. The minimum atomic E-state index is -4.59. The van der Waals surface area contributed by atoms with E-state index in [1.54, 1.807) is 0 Å². The van der Waals surface area contributed by atoms with E-state index in [9.17, 15) is 33.3 Å². The summed E-state index contributed by atoms with van der Waals surface area (Å²) in [5.74, 6) is -2.72. The molecule has 0 saturated carbocycles. The number of alkyl halides is 3. The number of rotatable bonds is 3. The molecule has 2 aromatic rings. The van der Waals surface area contributed by atoms with Crippen LogP contribution >= 0.6 is 0 Å². The number of carbonyl (C=O) groups excluding carboxylic acids is 1. The Morgan fingerprint density at radius 2 is 1.62 bits per heavy atom. The van der Waals surface area contributed by atoms with Gasteiger partial charge in [0.1, 0.15) is 22.8 Å². The zero-order chi connectivity index (χ0) is 18.1. The van der Waals surface area contributed by atoms with Gasteiger partial charge in [0.25, 0.3) is 0 Å². The van der Waals surface area contributed by atoms with Crippen molar-refractivity contribution in [3.05, 3.63) is 58.7 Å². The van der Waals surface area contributed by atoms with Crippen molar-refractivity contribution in [2.75, 3.05) is 0 Å². The predicted molar refractivity (Wildman–Crippen MR) is 81.0 cm³/mol. The van der Waals surface area contributed by atoms with E-state index in [-0.39, 0.29) is 5.56 Å². The molecule has 0 radical (unpaired) electrons. The number of hydrogen-bond acceptors (Lipinski definition) is 4. The molecule has 0 aliphatic rings. The van der Waals surface area contributed by atoms with E-state index >= 15 is 0 Å². The summed E-state index contributed by atoms with van der Waals surface area (Å²) in [6.45, 7) is 1.51. The van der Waals surface area contributed by atoms with Crippen LogP contribution < -0.4 is 0 Å². The molecule has 3 N–H and O–H groups in total. The highest BCUT2D eigenvalue weighted by atomic mass is 19.4. The zero-order valence-electron chi connectivity index (χ0n) is 12.4. The van der Waals surface area contributed by atoms with Gasteiger partial charge in [-0.05, 0) is 24.6 Å². The molecule has 7 heteroatoms. The summed E-state index contributed by atoms with van der Waals surface area (Å²) in [6, 6.07) is 5.33. The van der Waals surface area contributed by atoms with Crippen molar-refractivity contribution in [1.29, 1.82) is 0 Å². The average Bonchev–Trinajstić information content (AvgIpc) is 2.43. The summed E-state index contributed by atoms with van der Waals surface area (Å²) in [6.07, 6.45) is -2.82. The molecule has 24 heavy (non-hydrogen) atoms. The molecule has 0 spiro atoms. The van der Waals surface area contributed by atoms with E-state index in [1.165, 1.54) is 19.1 Å². The van der Waals surface area contributed by atoms with Gasteiger partial charge in [0.2, 0.25) is 0 Å². The van der Waals surface area contributed by atoms with Gasteiger partial charge in [-0.15, -0.1) is 0 Å². The van der Waals surface area contributed by atoms with Gasteiger partial charge in [-0.25, -0.2) is 0 Å². The summed E-state index contributed by atoms with van der Waals surface area (Å²) in [5.41, 5.74) is -1.21. The lowest BCUT2D eigenvalue weighted by Crippen LogP contribution is -2.08. The normalized spacial score (nSPS) is 11.8. The third-order valence-electron chi connectivity index (χ3n) is 3.26. The highest BCUT2D eigenvalue weighted by molar-refractivity contribution is 6.10. The van der Waals surface area contributed by atoms with Crippen LogP contribution in [0.4, 0.5) is 13.2 Å². The number of aromatic hydroxyl groups is 3. The van der Waals surface area contributed by atoms with Crippen LogP contribution in [0.15, 0.2) is 36.4 Å². The van der Waals surface area contributed by atoms with Gasteiger partial charge < -0.3 is 15.3 Å². The molecular weight excluding hydrogens is 325 g/mol. The molecule has 0 bridgehead atoms. The molecule has 0 aliphatic heterocycles. The highest BCUT2D eigenvalue weighted by Gasteiger charge is 2.32. The Hall–Kier alpha value is -2.96. The summed E-state index contributed by atoms with van der Waals surface area (Å²) in [5, 5.41) is 28.4. The minimum absolute atomic E-state index is 0.223. The Balaban J connectivity index is 2.41. The SMILES string of the molecule is Cc1ccc(/C=C/C(=O)c2c(O)cc(O)cc2O)c(C(F)(F)F)c1. The Bertz CT molecular complexity index is 800. The van der Waals surface area contributed by atoms with Gasteiger partial charge in [-0.1, -0.05) is 23.8 Å². The number of phenols is 3. The van der Waals surface area contributed by atoms with Crippen LogP contribution in [0.3, 0.4) is 0 Å². The highest BCUT2D eigenvalue weighted by Crippen LogP contribution is 2.35. The smallest absolute Gasteiger partial charge is 0.416 e. The molecule has 2 aromatic carbocycles. The summed E-state index contributed by atoms with van der Waals surface area (Å²) >= 11 is 0. The molecule has 126 valence electrons. The fourth-order valence-electron chi connectivity index (χ4n) is 2.16. The molecule has 0 saturated heterocycles. The van der Waals surface area contributed by atoms with Crippen LogP contribution in [-0.2, 0) is 6.18 Å². The van der Waals surface area contributed by atoms with Crippen LogP contribution in [0, 0.1) is 6.92 Å². The first kappa shape index (κ1) is 17.4. The van der Waals surface area contributed by atoms with E-state index in [4.69, 9.17) is 0 Å². The molecule has 0 amide bonds. The number of benzene rings is 2. The van der Waals surface area contributed by atoms with E-state index in [0.29, 0.717) is 5.56 Å². The lowest BCUT2D eigenvalue weighted by molar-refractivity contribution is -0.137. The zero-order valence-corrected chi connectivity index (χ0v) is 12.4. The molecule has 0 atom stereocenters. The van der Waals surface area contributed by atoms with Gasteiger partial charge in [-0.3, -0.25) is 4.79 Å². The van der Waals surface area contributed by atoms with E-state index < -0.39 is 40.3 Å². The third kappa shape index (κ3) is 3.68. The Kier molecular flexibility index (Phi) is 4.54. The van der Waals surface area contributed by atoms with Gasteiger partial charge in [0, 0.05) is 12.1 Å².